The third kappa shape index (κ3) is 21.5. The molecule has 6 N–H and O–H groups in total. The van der Waals surface area contributed by atoms with Crippen LogP contribution in [0.2, 0.25) is 5.02 Å². The number of unbranched alkanes of at least 4 members (excludes halogenated alkanes) is 1. The molecular formula is C42H74ClN7O2. The molecule has 2 unspecified atom stereocenters. The Morgan fingerprint density at radius 1 is 1.04 bits per heavy atom. The number of anilines is 1. The first-order valence-corrected chi connectivity index (χ1v) is 20.0. The van der Waals surface area contributed by atoms with E-state index >= 15 is 0 Å². The van der Waals surface area contributed by atoms with Crippen LogP contribution in [0.4, 0.5) is 5.69 Å². The van der Waals surface area contributed by atoms with Gasteiger partial charge < -0.3 is 31.8 Å². The van der Waals surface area contributed by atoms with Crippen LogP contribution < -0.4 is 22.1 Å². The van der Waals surface area contributed by atoms with Crippen LogP contribution in [0.15, 0.2) is 47.5 Å². The van der Waals surface area contributed by atoms with Crippen LogP contribution in [0.3, 0.4) is 0 Å². The number of amidine groups is 1. The zero-order valence-corrected chi connectivity index (χ0v) is 34.9. The van der Waals surface area contributed by atoms with Gasteiger partial charge in [-0.05, 0) is 82.7 Å². The van der Waals surface area contributed by atoms with E-state index in [-0.39, 0.29) is 5.91 Å². The Balaban J connectivity index is 0.000000788. The van der Waals surface area contributed by atoms with Crippen molar-refractivity contribution >= 4 is 35.3 Å². The van der Waals surface area contributed by atoms with Gasteiger partial charge in [0.15, 0.2) is 0 Å². The second-order valence-corrected chi connectivity index (χ2v) is 14.0. The molecule has 2 aromatic rings. The van der Waals surface area contributed by atoms with E-state index in [9.17, 15) is 9.59 Å². The van der Waals surface area contributed by atoms with Gasteiger partial charge >= 0.3 is 0 Å². The molecule has 296 valence electrons. The van der Waals surface area contributed by atoms with Gasteiger partial charge in [-0.25, -0.2) is 0 Å². The van der Waals surface area contributed by atoms with Crippen molar-refractivity contribution in [2.45, 2.75) is 125 Å². The number of amides is 1. The molecule has 10 heteroatoms. The number of nitrogens with two attached hydrogens (primary N) is 2. The molecule has 2 aromatic carbocycles. The SMILES string of the molecule is CC.CCCC(C)CCCC(C)NCC(=O)N1CCN(C2CCNCC2)C1.CCCC=O.CN=C(N)c1ccccc1.Cc1cc(C)c(N)c(Cl)c1. The summed E-state index contributed by atoms with van der Waals surface area (Å²) in [5.41, 5.74) is 15.0. The number of aldehydes is 1. The van der Waals surface area contributed by atoms with Gasteiger partial charge in [0.25, 0.3) is 0 Å². The van der Waals surface area contributed by atoms with Crippen LogP contribution in [0.5, 0.6) is 0 Å². The average molecular weight is 745 g/mol. The van der Waals surface area contributed by atoms with Gasteiger partial charge in [0, 0.05) is 44.2 Å². The second-order valence-electron chi connectivity index (χ2n) is 13.6. The smallest absolute Gasteiger partial charge is 0.237 e. The van der Waals surface area contributed by atoms with E-state index < -0.39 is 0 Å². The third-order valence-electron chi connectivity index (χ3n) is 9.10. The van der Waals surface area contributed by atoms with Crippen molar-refractivity contribution in [3.05, 3.63) is 64.2 Å². The quantitative estimate of drug-likeness (QED) is 0.0709. The molecule has 2 atom stereocenters. The van der Waals surface area contributed by atoms with E-state index in [2.05, 4.69) is 41.3 Å². The zero-order valence-electron chi connectivity index (χ0n) is 34.1. The summed E-state index contributed by atoms with van der Waals surface area (Å²) >= 11 is 5.79. The van der Waals surface area contributed by atoms with Crippen molar-refractivity contribution in [3.8, 4) is 0 Å². The van der Waals surface area contributed by atoms with Crippen LogP contribution in [0, 0.1) is 19.8 Å². The molecule has 0 aliphatic carbocycles. The summed E-state index contributed by atoms with van der Waals surface area (Å²) in [6, 6.07) is 14.7. The number of halogens is 1. The highest BCUT2D eigenvalue weighted by atomic mass is 35.5. The molecule has 2 fully saturated rings. The molecule has 0 aromatic heterocycles. The van der Waals surface area contributed by atoms with Crippen molar-refractivity contribution in [1.29, 1.82) is 0 Å². The molecule has 0 saturated carbocycles. The van der Waals surface area contributed by atoms with Gasteiger partial charge in [-0.2, -0.15) is 0 Å². The monoisotopic (exact) mass is 744 g/mol. The maximum absolute atomic E-state index is 12.5. The topological polar surface area (TPSA) is 129 Å². The molecule has 1 amide bonds. The fourth-order valence-corrected chi connectivity index (χ4v) is 6.27. The Morgan fingerprint density at radius 2 is 1.69 bits per heavy atom. The first-order chi connectivity index (χ1) is 25.0. The van der Waals surface area contributed by atoms with E-state index in [4.69, 9.17) is 23.1 Å². The maximum Gasteiger partial charge on any atom is 0.237 e. The first kappa shape index (κ1) is 49.0. The number of hydrogen-bond acceptors (Lipinski definition) is 7. The summed E-state index contributed by atoms with van der Waals surface area (Å²) in [5.74, 6) is 1.69. The van der Waals surface area contributed by atoms with E-state index in [0.717, 1.165) is 68.2 Å². The van der Waals surface area contributed by atoms with Crippen molar-refractivity contribution in [2.75, 3.05) is 52.2 Å². The summed E-state index contributed by atoms with van der Waals surface area (Å²) in [5, 5.41) is 7.51. The lowest BCUT2D eigenvalue weighted by Gasteiger charge is -2.31. The van der Waals surface area contributed by atoms with Crippen LogP contribution in [0.1, 0.15) is 116 Å². The van der Waals surface area contributed by atoms with Crippen LogP contribution in [-0.2, 0) is 9.59 Å². The van der Waals surface area contributed by atoms with E-state index in [0.29, 0.717) is 41.6 Å². The highest BCUT2D eigenvalue weighted by molar-refractivity contribution is 6.33. The van der Waals surface area contributed by atoms with Gasteiger partial charge in [0.1, 0.15) is 12.1 Å². The zero-order chi connectivity index (χ0) is 39.3. The summed E-state index contributed by atoms with van der Waals surface area (Å²) in [6.45, 7) is 22.2. The number of aliphatic imine (C=N–C) groups is 1. The number of rotatable bonds is 13. The molecule has 2 aliphatic heterocycles. The number of carbonyl (C=O) groups excluding carboxylic acids is 2. The Labute approximate surface area is 322 Å². The van der Waals surface area contributed by atoms with Crippen molar-refractivity contribution < 1.29 is 9.59 Å². The lowest BCUT2D eigenvalue weighted by Crippen LogP contribution is -2.44. The van der Waals surface area contributed by atoms with Crippen LogP contribution in [-0.4, -0.2) is 86.4 Å². The number of carbonyl (C=O) groups is 2. The summed E-state index contributed by atoms with van der Waals surface area (Å²) in [7, 11) is 1.68. The number of benzene rings is 2. The normalized spacial score (nSPS) is 15.7. The predicted molar refractivity (Wildman–Crippen MR) is 225 cm³/mol. The third-order valence-corrected chi connectivity index (χ3v) is 9.41. The first-order valence-electron chi connectivity index (χ1n) is 19.7. The Morgan fingerprint density at radius 3 is 2.23 bits per heavy atom. The highest BCUT2D eigenvalue weighted by Crippen LogP contribution is 2.23. The Kier molecular flexibility index (Phi) is 28.7. The Bertz CT molecular complexity index is 1220. The molecule has 0 bridgehead atoms. The van der Waals surface area contributed by atoms with Crippen molar-refractivity contribution in [2.24, 2.45) is 16.6 Å². The number of nitrogens with one attached hydrogen (secondary N) is 2. The molecule has 2 aliphatic rings. The van der Waals surface area contributed by atoms with Gasteiger partial charge in [-0.1, -0.05) is 108 Å². The second kappa shape index (κ2) is 30.5. The molecule has 0 radical (unpaired) electrons. The molecule has 52 heavy (non-hydrogen) atoms. The maximum atomic E-state index is 12.5. The summed E-state index contributed by atoms with van der Waals surface area (Å²) < 4.78 is 0. The summed E-state index contributed by atoms with van der Waals surface area (Å²) in [4.78, 5) is 30.3. The van der Waals surface area contributed by atoms with E-state index in [1.54, 1.807) is 7.05 Å². The largest absolute Gasteiger partial charge is 0.397 e. The average Bonchev–Trinajstić information content (AvgIpc) is 3.66. The van der Waals surface area contributed by atoms with Crippen molar-refractivity contribution in [3.63, 3.8) is 0 Å². The summed E-state index contributed by atoms with van der Waals surface area (Å²) in [6.07, 6.45) is 11.4. The fourth-order valence-electron chi connectivity index (χ4n) is 5.95. The number of nitrogens with zero attached hydrogens (tertiary/aromatic N) is 3. The van der Waals surface area contributed by atoms with Gasteiger partial charge in [-0.3, -0.25) is 14.7 Å². The lowest BCUT2D eigenvalue weighted by molar-refractivity contribution is -0.130. The molecule has 4 rings (SSSR count). The minimum atomic E-state index is 0.266. The minimum Gasteiger partial charge on any atom is -0.397 e. The van der Waals surface area contributed by atoms with Gasteiger partial charge in [-0.15, -0.1) is 0 Å². The highest BCUT2D eigenvalue weighted by Gasteiger charge is 2.29. The van der Waals surface area contributed by atoms with Gasteiger partial charge in [0.05, 0.1) is 23.9 Å². The predicted octanol–water partition coefficient (Wildman–Crippen LogP) is 8.00. The minimum absolute atomic E-state index is 0.266. The lowest BCUT2D eigenvalue weighted by atomic mass is 9.98. The van der Waals surface area contributed by atoms with E-state index in [1.165, 1.54) is 44.9 Å². The van der Waals surface area contributed by atoms with Crippen LogP contribution >= 0.6 is 11.6 Å². The number of piperidine rings is 1. The fraction of sp³-hybridized carbons (Fsp3) is 0.643. The molecule has 9 nitrogen and oxygen atoms in total. The van der Waals surface area contributed by atoms with Crippen molar-refractivity contribution in [1.82, 2.24) is 20.4 Å². The van der Waals surface area contributed by atoms with Gasteiger partial charge in [0.2, 0.25) is 5.91 Å². The van der Waals surface area contributed by atoms with E-state index in [1.807, 2.05) is 82.0 Å². The number of aryl methyl sites for hydroxylation is 2. The number of hydrogen-bond donors (Lipinski definition) is 4. The molecule has 2 saturated heterocycles. The van der Waals surface area contributed by atoms with Crippen LogP contribution in [0.25, 0.3) is 0 Å². The molecule has 0 spiro atoms. The molecule has 2 heterocycles. The molecular weight excluding hydrogens is 670 g/mol. The standard InChI is InChI=1S/C20H40N4O.C8H10ClN.C8H10N2.C4H8O.C2H6/c1-4-6-17(2)7-5-8-18(3)22-15-20(25)24-14-13-23(16-24)19-9-11-21-12-10-19;1-5-3-6(2)8(10)7(9)4-5;1-10-8(9)7-5-3-2-4-6-7;1-2-3-4-5;1-2/h17-19,21-22H,4-16H2,1-3H3;3-4H,10H2,1-2H3;2-6H,1H3,(H2,9,10);4H,2-3H2,1H3;1-2H3. The number of nitrogen functional groups attached to an aromatic ring is 1. The Hall–Kier alpha value is -2.98.